The Kier molecular flexibility index (Phi) is 1.51. The first-order chi connectivity index (χ1) is 4.25. The zero-order valence-corrected chi connectivity index (χ0v) is 5.22. The van der Waals surface area contributed by atoms with E-state index in [0.717, 1.165) is 0 Å². The summed E-state index contributed by atoms with van der Waals surface area (Å²) >= 11 is 0. The number of esters is 1. The maximum atomic E-state index is 10.7. The van der Waals surface area contributed by atoms with Crippen LogP contribution in [0.15, 0.2) is 0 Å². The molecule has 1 aliphatic rings. The molecule has 0 radical (unpaired) electrons. The van der Waals surface area contributed by atoms with Crippen molar-refractivity contribution in [3.05, 3.63) is 0 Å². The molecule has 0 saturated carbocycles. The van der Waals surface area contributed by atoms with Crippen LogP contribution in [0.5, 0.6) is 0 Å². The lowest BCUT2D eigenvalue weighted by molar-refractivity contribution is -0.141. The van der Waals surface area contributed by atoms with Crippen LogP contribution in [0.2, 0.25) is 0 Å². The molecule has 0 aliphatic carbocycles. The highest BCUT2D eigenvalue weighted by atomic mass is 16.5. The van der Waals surface area contributed by atoms with Crippen LogP contribution in [0.4, 0.5) is 0 Å². The Hall–Kier alpha value is -0.860. The first-order valence-corrected chi connectivity index (χ1v) is 2.95. The Balaban J connectivity index is 2.66. The highest BCUT2D eigenvalue weighted by Crippen LogP contribution is 2.13. The number of hydrogen-bond donors (Lipinski definition) is 0. The van der Waals surface area contributed by atoms with Gasteiger partial charge in [-0.3, -0.25) is 9.59 Å². The van der Waals surface area contributed by atoms with Gasteiger partial charge in [0.15, 0.2) is 12.4 Å². The SMILES string of the molecule is CC[C@H]1C(=O)COC1=O. The predicted molar refractivity (Wildman–Crippen MR) is 29.7 cm³/mol. The molecule has 0 aromatic rings. The number of carbonyl (C=O) groups excluding carboxylic acids is 2. The van der Waals surface area contributed by atoms with Crippen LogP contribution in [0.1, 0.15) is 13.3 Å². The van der Waals surface area contributed by atoms with E-state index >= 15 is 0 Å². The van der Waals surface area contributed by atoms with Gasteiger partial charge in [0, 0.05) is 0 Å². The van der Waals surface area contributed by atoms with E-state index in [2.05, 4.69) is 4.74 Å². The summed E-state index contributed by atoms with van der Waals surface area (Å²) in [5.41, 5.74) is 0. The van der Waals surface area contributed by atoms with Crippen molar-refractivity contribution in [2.24, 2.45) is 5.92 Å². The summed E-state index contributed by atoms with van der Waals surface area (Å²) in [4.78, 5) is 21.2. The van der Waals surface area contributed by atoms with Crippen LogP contribution < -0.4 is 0 Å². The van der Waals surface area contributed by atoms with E-state index in [-0.39, 0.29) is 18.4 Å². The third-order valence-corrected chi connectivity index (χ3v) is 1.44. The monoisotopic (exact) mass is 128 g/mol. The molecule has 0 amide bonds. The van der Waals surface area contributed by atoms with Crippen LogP contribution in [0.25, 0.3) is 0 Å². The minimum Gasteiger partial charge on any atom is -0.457 e. The number of carbonyl (C=O) groups is 2. The molecule has 0 unspecified atom stereocenters. The molecule has 3 nitrogen and oxygen atoms in total. The standard InChI is InChI=1S/C6H8O3/c1-2-4-5(7)3-9-6(4)8/h4H,2-3H2,1H3/t4-/m0/s1. The van der Waals surface area contributed by atoms with E-state index in [9.17, 15) is 9.59 Å². The first-order valence-electron chi connectivity index (χ1n) is 2.95. The van der Waals surface area contributed by atoms with Crippen molar-refractivity contribution in [1.29, 1.82) is 0 Å². The number of ketones is 1. The fourth-order valence-electron chi connectivity index (χ4n) is 0.869. The van der Waals surface area contributed by atoms with E-state index in [4.69, 9.17) is 0 Å². The van der Waals surface area contributed by atoms with Gasteiger partial charge in [-0.15, -0.1) is 0 Å². The Morgan fingerprint density at radius 2 is 2.33 bits per heavy atom. The minimum absolute atomic E-state index is 0.0165. The predicted octanol–water partition coefficient (Wildman–Crippen LogP) is 0.139. The largest absolute Gasteiger partial charge is 0.457 e. The zero-order chi connectivity index (χ0) is 6.85. The molecule has 0 aromatic heterocycles. The lowest BCUT2D eigenvalue weighted by atomic mass is 10.1. The summed E-state index contributed by atoms with van der Waals surface area (Å²) in [7, 11) is 0. The van der Waals surface area contributed by atoms with Crippen LogP contribution >= 0.6 is 0 Å². The number of ether oxygens (including phenoxy) is 1. The fraction of sp³-hybridized carbons (Fsp3) is 0.667. The van der Waals surface area contributed by atoms with Gasteiger partial charge in [0.1, 0.15) is 5.92 Å². The molecule has 9 heavy (non-hydrogen) atoms. The van der Waals surface area contributed by atoms with Gasteiger partial charge in [0.2, 0.25) is 0 Å². The Labute approximate surface area is 53.0 Å². The molecule has 0 bridgehead atoms. The first kappa shape index (κ1) is 6.26. The van der Waals surface area contributed by atoms with Gasteiger partial charge in [-0.05, 0) is 6.42 Å². The summed E-state index contributed by atoms with van der Waals surface area (Å²) in [6.07, 6.45) is 0.567. The molecule has 1 atom stereocenters. The summed E-state index contributed by atoms with van der Waals surface area (Å²) in [6.45, 7) is 1.78. The van der Waals surface area contributed by atoms with Crippen molar-refractivity contribution in [2.75, 3.05) is 6.61 Å². The molecule has 3 heteroatoms. The van der Waals surface area contributed by atoms with Gasteiger partial charge in [0.25, 0.3) is 0 Å². The average Bonchev–Trinajstić information content (AvgIpc) is 2.12. The topological polar surface area (TPSA) is 43.4 Å². The summed E-state index contributed by atoms with van der Waals surface area (Å²) in [6, 6.07) is 0. The highest BCUT2D eigenvalue weighted by Gasteiger charge is 2.32. The number of cyclic esters (lactones) is 1. The fourth-order valence-corrected chi connectivity index (χ4v) is 0.869. The second-order valence-corrected chi connectivity index (χ2v) is 2.03. The van der Waals surface area contributed by atoms with Crippen molar-refractivity contribution >= 4 is 11.8 Å². The lowest BCUT2D eigenvalue weighted by Crippen LogP contribution is -2.13. The van der Waals surface area contributed by atoms with E-state index in [1.807, 2.05) is 0 Å². The number of rotatable bonds is 1. The summed E-state index contributed by atoms with van der Waals surface area (Å²) < 4.78 is 4.48. The van der Waals surface area contributed by atoms with Crippen LogP contribution in [-0.2, 0) is 14.3 Å². The normalized spacial score (nSPS) is 26.6. The van der Waals surface area contributed by atoms with E-state index in [1.54, 1.807) is 6.92 Å². The van der Waals surface area contributed by atoms with Gasteiger partial charge in [0.05, 0.1) is 0 Å². The second-order valence-electron chi connectivity index (χ2n) is 2.03. The molecular formula is C6H8O3. The third kappa shape index (κ3) is 0.943. The summed E-state index contributed by atoms with van der Waals surface area (Å²) in [5, 5.41) is 0. The van der Waals surface area contributed by atoms with Crippen molar-refractivity contribution in [1.82, 2.24) is 0 Å². The van der Waals surface area contributed by atoms with Crippen LogP contribution in [0.3, 0.4) is 0 Å². The third-order valence-electron chi connectivity index (χ3n) is 1.44. The second kappa shape index (κ2) is 2.17. The Bertz CT molecular complexity index is 134. The molecule has 1 heterocycles. The van der Waals surface area contributed by atoms with Crippen LogP contribution in [0, 0.1) is 5.92 Å². The van der Waals surface area contributed by atoms with Crippen molar-refractivity contribution in [3.8, 4) is 0 Å². The Morgan fingerprint density at radius 1 is 1.67 bits per heavy atom. The van der Waals surface area contributed by atoms with Crippen LogP contribution in [-0.4, -0.2) is 18.4 Å². The molecule has 0 spiro atoms. The highest BCUT2D eigenvalue weighted by molar-refractivity contribution is 6.04. The van der Waals surface area contributed by atoms with Gasteiger partial charge < -0.3 is 4.74 Å². The molecule has 50 valence electrons. The maximum Gasteiger partial charge on any atom is 0.317 e. The average molecular weight is 128 g/mol. The van der Waals surface area contributed by atoms with E-state index in [0.29, 0.717) is 6.42 Å². The van der Waals surface area contributed by atoms with Gasteiger partial charge >= 0.3 is 5.97 Å². The zero-order valence-electron chi connectivity index (χ0n) is 5.22. The van der Waals surface area contributed by atoms with Gasteiger partial charge in [-0.25, -0.2) is 0 Å². The van der Waals surface area contributed by atoms with Crippen molar-refractivity contribution in [2.45, 2.75) is 13.3 Å². The van der Waals surface area contributed by atoms with E-state index < -0.39 is 5.92 Å². The van der Waals surface area contributed by atoms with Gasteiger partial charge in [-0.2, -0.15) is 0 Å². The maximum absolute atomic E-state index is 10.7. The van der Waals surface area contributed by atoms with Crippen molar-refractivity contribution < 1.29 is 14.3 Å². The summed E-state index contributed by atoms with van der Waals surface area (Å²) in [5.74, 6) is -0.907. The molecule has 0 N–H and O–H groups in total. The number of Topliss-reactive ketones (excluding diaryl/α,β-unsaturated/α-hetero) is 1. The lowest BCUT2D eigenvalue weighted by Gasteiger charge is -1.94. The van der Waals surface area contributed by atoms with Gasteiger partial charge in [-0.1, -0.05) is 6.92 Å². The Morgan fingerprint density at radius 3 is 2.56 bits per heavy atom. The van der Waals surface area contributed by atoms with Crippen molar-refractivity contribution in [3.63, 3.8) is 0 Å². The molecular weight excluding hydrogens is 120 g/mol. The quantitative estimate of drug-likeness (QED) is 0.372. The smallest absolute Gasteiger partial charge is 0.317 e. The molecule has 1 aliphatic heterocycles. The van der Waals surface area contributed by atoms with E-state index in [1.165, 1.54) is 0 Å². The molecule has 1 fully saturated rings. The molecule has 1 rings (SSSR count). The minimum atomic E-state index is -0.468. The number of hydrogen-bond acceptors (Lipinski definition) is 3. The molecule has 1 saturated heterocycles. The molecule has 0 aromatic carbocycles.